The SMILES string of the molecule is C/C=C/C=C/C/C(C)=N\C. The van der Waals surface area contributed by atoms with E-state index in [2.05, 4.69) is 11.1 Å². The van der Waals surface area contributed by atoms with Crippen LogP contribution in [0.3, 0.4) is 0 Å². The molecule has 0 aliphatic heterocycles. The Morgan fingerprint density at radius 2 is 2.10 bits per heavy atom. The topological polar surface area (TPSA) is 12.4 Å². The molecule has 0 aromatic carbocycles. The number of hydrogen-bond donors (Lipinski definition) is 0. The van der Waals surface area contributed by atoms with E-state index in [9.17, 15) is 0 Å². The predicted octanol–water partition coefficient (Wildman–Crippen LogP) is 2.60. The molecular weight excluding hydrogens is 122 g/mol. The van der Waals surface area contributed by atoms with Crippen molar-refractivity contribution >= 4 is 5.71 Å². The van der Waals surface area contributed by atoms with Crippen LogP contribution in [0.5, 0.6) is 0 Å². The van der Waals surface area contributed by atoms with E-state index < -0.39 is 0 Å². The second kappa shape index (κ2) is 6.27. The summed E-state index contributed by atoms with van der Waals surface area (Å²) in [5.74, 6) is 0. The summed E-state index contributed by atoms with van der Waals surface area (Å²) in [6, 6.07) is 0. The summed E-state index contributed by atoms with van der Waals surface area (Å²) in [4.78, 5) is 4.03. The maximum absolute atomic E-state index is 4.03. The molecule has 10 heavy (non-hydrogen) atoms. The highest BCUT2D eigenvalue weighted by Crippen LogP contribution is 1.87. The van der Waals surface area contributed by atoms with E-state index in [1.807, 2.05) is 39.1 Å². The van der Waals surface area contributed by atoms with Crippen LogP contribution >= 0.6 is 0 Å². The van der Waals surface area contributed by atoms with Gasteiger partial charge in [0.2, 0.25) is 0 Å². The number of rotatable bonds is 3. The molecule has 0 heterocycles. The van der Waals surface area contributed by atoms with E-state index in [1.165, 1.54) is 5.71 Å². The van der Waals surface area contributed by atoms with Gasteiger partial charge in [0.1, 0.15) is 0 Å². The Hall–Kier alpha value is -0.850. The fraction of sp³-hybridized carbons (Fsp3) is 0.444. The molecule has 0 saturated carbocycles. The van der Waals surface area contributed by atoms with Gasteiger partial charge in [-0.25, -0.2) is 0 Å². The lowest BCUT2D eigenvalue weighted by Gasteiger charge is -1.88. The Labute approximate surface area is 63.2 Å². The normalized spacial score (nSPS) is 13.7. The molecule has 0 unspecified atom stereocenters. The minimum atomic E-state index is 0.959. The van der Waals surface area contributed by atoms with Gasteiger partial charge in [-0.3, -0.25) is 4.99 Å². The van der Waals surface area contributed by atoms with Gasteiger partial charge in [-0.1, -0.05) is 24.3 Å². The van der Waals surface area contributed by atoms with Crippen LogP contribution in [0.2, 0.25) is 0 Å². The van der Waals surface area contributed by atoms with Gasteiger partial charge in [0.05, 0.1) is 0 Å². The van der Waals surface area contributed by atoms with Crippen molar-refractivity contribution in [3.05, 3.63) is 24.3 Å². The molecule has 0 spiro atoms. The first-order valence-electron chi connectivity index (χ1n) is 3.51. The van der Waals surface area contributed by atoms with Crippen molar-refractivity contribution in [2.45, 2.75) is 20.3 Å². The Kier molecular flexibility index (Phi) is 5.74. The first-order valence-corrected chi connectivity index (χ1v) is 3.51. The third-order valence-electron chi connectivity index (χ3n) is 1.23. The van der Waals surface area contributed by atoms with Gasteiger partial charge in [0.25, 0.3) is 0 Å². The molecule has 0 atom stereocenters. The standard InChI is InChI=1S/C9H15N/c1-4-5-6-7-8-9(2)10-3/h4-7H,8H2,1-3H3/b5-4+,7-6+,10-9-. The Morgan fingerprint density at radius 3 is 2.60 bits per heavy atom. The zero-order chi connectivity index (χ0) is 7.82. The summed E-state index contributed by atoms with van der Waals surface area (Å²) in [6.45, 7) is 4.03. The lowest BCUT2D eigenvalue weighted by atomic mass is 10.3. The van der Waals surface area contributed by atoms with Crippen LogP contribution in [0.1, 0.15) is 20.3 Å². The fourth-order valence-corrected chi connectivity index (χ4v) is 0.520. The van der Waals surface area contributed by atoms with E-state index in [0.29, 0.717) is 0 Å². The third-order valence-corrected chi connectivity index (χ3v) is 1.23. The van der Waals surface area contributed by atoms with Gasteiger partial charge < -0.3 is 0 Å². The van der Waals surface area contributed by atoms with Crippen LogP contribution in [-0.2, 0) is 0 Å². The minimum Gasteiger partial charge on any atom is -0.297 e. The van der Waals surface area contributed by atoms with E-state index >= 15 is 0 Å². The molecule has 0 aromatic rings. The minimum absolute atomic E-state index is 0.959. The van der Waals surface area contributed by atoms with Crippen molar-refractivity contribution < 1.29 is 0 Å². The third kappa shape index (κ3) is 5.29. The van der Waals surface area contributed by atoms with Gasteiger partial charge >= 0.3 is 0 Å². The highest BCUT2D eigenvalue weighted by Gasteiger charge is 1.80. The molecule has 1 heteroatoms. The molecule has 0 fully saturated rings. The maximum atomic E-state index is 4.03. The average molecular weight is 137 g/mol. The van der Waals surface area contributed by atoms with Crippen LogP contribution in [-0.4, -0.2) is 12.8 Å². The zero-order valence-electron chi connectivity index (χ0n) is 6.96. The van der Waals surface area contributed by atoms with Gasteiger partial charge in [0, 0.05) is 19.2 Å². The number of aliphatic imine (C=N–C) groups is 1. The molecule has 1 nitrogen and oxygen atoms in total. The van der Waals surface area contributed by atoms with Crippen molar-refractivity contribution in [3.8, 4) is 0 Å². The molecule has 0 aliphatic rings. The maximum Gasteiger partial charge on any atom is 0.0276 e. The smallest absolute Gasteiger partial charge is 0.0276 e. The second-order valence-corrected chi connectivity index (χ2v) is 2.12. The van der Waals surface area contributed by atoms with Crippen molar-refractivity contribution in [2.24, 2.45) is 4.99 Å². The molecule has 0 N–H and O–H groups in total. The summed E-state index contributed by atoms with van der Waals surface area (Å²) in [6.07, 6.45) is 9.12. The summed E-state index contributed by atoms with van der Waals surface area (Å²) in [7, 11) is 1.82. The fourth-order valence-electron chi connectivity index (χ4n) is 0.520. The molecule has 0 aliphatic carbocycles. The van der Waals surface area contributed by atoms with Crippen molar-refractivity contribution in [1.82, 2.24) is 0 Å². The first kappa shape index (κ1) is 9.15. The summed E-state index contributed by atoms with van der Waals surface area (Å²) >= 11 is 0. The lowest BCUT2D eigenvalue weighted by Crippen LogP contribution is -1.85. The molecular formula is C9H15N. The van der Waals surface area contributed by atoms with E-state index in [4.69, 9.17) is 0 Å². The lowest BCUT2D eigenvalue weighted by molar-refractivity contribution is 1.33. The second-order valence-electron chi connectivity index (χ2n) is 2.12. The van der Waals surface area contributed by atoms with Gasteiger partial charge in [-0.2, -0.15) is 0 Å². The number of nitrogens with zero attached hydrogens (tertiary/aromatic N) is 1. The Morgan fingerprint density at radius 1 is 1.40 bits per heavy atom. The van der Waals surface area contributed by atoms with Crippen LogP contribution in [0.15, 0.2) is 29.3 Å². The van der Waals surface area contributed by atoms with Gasteiger partial charge in [0.15, 0.2) is 0 Å². The zero-order valence-corrected chi connectivity index (χ0v) is 6.96. The van der Waals surface area contributed by atoms with Gasteiger partial charge in [-0.15, -0.1) is 0 Å². The van der Waals surface area contributed by atoms with Crippen LogP contribution in [0, 0.1) is 0 Å². The first-order chi connectivity index (χ1) is 4.81. The number of hydrogen-bond acceptors (Lipinski definition) is 1. The Bertz CT molecular complexity index is 152. The molecule has 0 radical (unpaired) electrons. The van der Waals surface area contributed by atoms with Crippen LogP contribution < -0.4 is 0 Å². The quantitative estimate of drug-likeness (QED) is 0.419. The molecule has 0 rings (SSSR count). The van der Waals surface area contributed by atoms with Gasteiger partial charge in [-0.05, 0) is 13.8 Å². The van der Waals surface area contributed by atoms with Crippen LogP contribution in [0.25, 0.3) is 0 Å². The monoisotopic (exact) mass is 137 g/mol. The van der Waals surface area contributed by atoms with Crippen LogP contribution in [0.4, 0.5) is 0 Å². The van der Waals surface area contributed by atoms with E-state index in [1.54, 1.807) is 0 Å². The molecule has 0 bridgehead atoms. The largest absolute Gasteiger partial charge is 0.297 e. The van der Waals surface area contributed by atoms with Crippen molar-refractivity contribution in [2.75, 3.05) is 7.05 Å². The van der Waals surface area contributed by atoms with Crippen molar-refractivity contribution in [3.63, 3.8) is 0 Å². The molecule has 56 valence electrons. The summed E-state index contributed by atoms with van der Waals surface area (Å²) < 4.78 is 0. The summed E-state index contributed by atoms with van der Waals surface area (Å²) in [5.41, 5.74) is 1.17. The average Bonchev–Trinajstić information content (AvgIpc) is 1.98. The van der Waals surface area contributed by atoms with E-state index in [0.717, 1.165) is 6.42 Å². The molecule has 0 amide bonds. The molecule has 0 saturated heterocycles. The van der Waals surface area contributed by atoms with Crippen molar-refractivity contribution in [1.29, 1.82) is 0 Å². The Balaban J connectivity index is 3.53. The number of allylic oxidation sites excluding steroid dienone is 4. The summed E-state index contributed by atoms with van der Waals surface area (Å²) in [5, 5.41) is 0. The highest BCUT2D eigenvalue weighted by molar-refractivity contribution is 5.83. The highest BCUT2D eigenvalue weighted by atomic mass is 14.7. The van der Waals surface area contributed by atoms with E-state index in [-0.39, 0.29) is 0 Å². The molecule has 0 aromatic heterocycles. The predicted molar refractivity (Wildman–Crippen MR) is 47.6 cm³/mol.